The van der Waals surface area contributed by atoms with Gasteiger partial charge in [-0.3, -0.25) is 9.59 Å². The van der Waals surface area contributed by atoms with Crippen molar-refractivity contribution in [2.24, 2.45) is 0 Å². The van der Waals surface area contributed by atoms with Crippen LogP contribution in [0.3, 0.4) is 0 Å². The first kappa shape index (κ1) is 15.2. The monoisotopic (exact) mass is 249 g/mol. The zero-order chi connectivity index (χ0) is 11.3. The van der Waals surface area contributed by atoms with E-state index >= 15 is 0 Å². The van der Waals surface area contributed by atoms with Crippen LogP contribution >= 0.6 is 12.4 Å². The molecule has 0 aromatic rings. The molecular weight excluding hydrogens is 230 g/mol. The van der Waals surface area contributed by atoms with Crippen LogP contribution < -0.4 is 5.32 Å². The van der Waals surface area contributed by atoms with Crippen molar-refractivity contribution in [3.8, 4) is 0 Å². The van der Waals surface area contributed by atoms with E-state index in [4.69, 9.17) is 0 Å². The van der Waals surface area contributed by atoms with Gasteiger partial charge in [-0.15, -0.1) is 12.4 Å². The molecule has 1 aliphatic rings. The highest BCUT2D eigenvalue weighted by Crippen LogP contribution is 2.03. The molecule has 6 heteroatoms. The molecule has 94 valence electrons. The molecular formula is C10H20ClN3O2. The highest BCUT2D eigenvalue weighted by Gasteiger charge is 2.21. The molecule has 16 heavy (non-hydrogen) atoms. The van der Waals surface area contributed by atoms with Gasteiger partial charge >= 0.3 is 0 Å². The van der Waals surface area contributed by atoms with Crippen LogP contribution in [0.2, 0.25) is 0 Å². The van der Waals surface area contributed by atoms with E-state index in [-0.39, 0.29) is 24.2 Å². The van der Waals surface area contributed by atoms with Gasteiger partial charge in [0.1, 0.15) is 0 Å². The average molecular weight is 250 g/mol. The van der Waals surface area contributed by atoms with E-state index in [9.17, 15) is 9.59 Å². The van der Waals surface area contributed by atoms with Crippen LogP contribution in [0.25, 0.3) is 0 Å². The van der Waals surface area contributed by atoms with E-state index in [1.165, 1.54) is 0 Å². The molecule has 1 N–H and O–H groups in total. The topological polar surface area (TPSA) is 52.7 Å². The summed E-state index contributed by atoms with van der Waals surface area (Å²) in [5.41, 5.74) is 0. The summed E-state index contributed by atoms with van der Waals surface area (Å²) in [6, 6.07) is 0. The quantitative estimate of drug-likeness (QED) is 0.748. The molecule has 1 fully saturated rings. The molecule has 0 aliphatic carbocycles. The summed E-state index contributed by atoms with van der Waals surface area (Å²) >= 11 is 0. The Kier molecular flexibility index (Phi) is 7.08. The van der Waals surface area contributed by atoms with Crippen molar-refractivity contribution in [1.29, 1.82) is 0 Å². The normalized spacial score (nSPS) is 15.6. The first-order chi connectivity index (χ1) is 7.15. The van der Waals surface area contributed by atoms with Gasteiger partial charge in [0.25, 0.3) is 0 Å². The predicted molar refractivity (Wildman–Crippen MR) is 64.6 cm³/mol. The predicted octanol–water partition coefficient (Wildman–Crippen LogP) is -0.292. The molecule has 0 bridgehead atoms. The van der Waals surface area contributed by atoms with Gasteiger partial charge in [-0.05, 0) is 7.05 Å². The first-order valence-corrected chi connectivity index (χ1v) is 5.33. The molecule has 0 radical (unpaired) electrons. The number of carbonyl (C=O) groups is 2. The molecule has 0 aromatic heterocycles. The van der Waals surface area contributed by atoms with Gasteiger partial charge in [-0.25, -0.2) is 0 Å². The molecule has 0 unspecified atom stereocenters. The van der Waals surface area contributed by atoms with Crippen LogP contribution in [-0.2, 0) is 9.59 Å². The summed E-state index contributed by atoms with van der Waals surface area (Å²) < 4.78 is 0. The lowest BCUT2D eigenvalue weighted by molar-refractivity contribution is -0.138. The molecule has 0 spiro atoms. The molecule has 2 amide bonds. The van der Waals surface area contributed by atoms with Gasteiger partial charge in [0, 0.05) is 46.1 Å². The lowest BCUT2D eigenvalue weighted by atomic mass is 10.2. The van der Waals surface area contributed by atoms with Crippen molar-refractivity contribution >= 4 is 24.2 Å². The Morgan fingerprint density at radius 2 is 1.62 bits per heavy atom. The molecule has 0 atom stereocenters. The molecule has 1 saturated heterocycles. The zero-order valence-corrected chi connectivity index (χ0v) is 10.7. The maximum absolute atomic E-state index is 11.6. The molecule has 0 saturated carbocycles. The van der Waals surface area contributed by atoms with Crippen LogP contribution in [-0.4, -0.2) is 61.4 Å². The maximum atomic E-state index is 11.6. The van der Waals surface area contributed by atoms with Crippen LogP contribution in [0.1, 0.15) is 13.3 Å². The number of nitrogens with one attached hydrogen (secondary N) is 1. The van der Waals surface area contributed by atoms with E-state index in [2.05, 4.69) is 5.32 Å². The van der Waals surface area contributed by atoms with Crippen molar-refractivity contribution in [2.45, 2.75) is 13.3 Å². The fraction of sp³-hybridized carbons (Fsp3) is 0.800. The molecule has 1 rings (SSSR count). The summed E-state index contributed by atoms with van der Waals surface area (Å²) in [4.78, 5) is 26.3. The number of hydrogen-bond donors (Lipinski definition) is 1. The number of carbonyl (C=O) groups excluding carboxylic acids is 2. The minimum Gasteiger partial charge on any atom is -0.339 e. The van der Waals surface area contributed by atoms with Gasteiger partial charge in [-0.2, -0.15) is 0 Å². The third-order valence-electron chi connectivity index (χ3n) is 2.67. The highest BCUT2D eigenvalue weighted by molar-refractivity contribution is 5.85. The van der Waals surface area contributed by atoms with Crippen LogP contribution in [0.4, 0.5) is 0 Å². The van der Waals surface area contributed by atoms with Gasteiger partial charge in [0.15, 0.2) is 0 Å². The van der Waals surface area contributed by atoms with Crippen molar-refractivity contribution in [3.05, 3.63) is 0 Å². The molecule has 1 heterocycles. The van der Waals surface area contributed by atoms with E-state index in [0.717, 1.165) is 0 Å². The molecule has 0 aromatic carbocycles. The number of amides is 2. The summed E-state index contributed by atoms with van der Waals surface area (Å²) in [5.74, 6) is 0.268. The molecule has 5 nitrogen and oxygen atoms in total. The maximum Gasteiger partial charge on any atom is 0.223 e. The summed E-state index contributed by atoms with van der Waals surface area (Å²) in [6.45, 7) is 4.95. The van der Waals surface area contributed by atoms with Crippen molar-refractivity contribution in [3.63, 3.8) is 0 Å². The Bertz CT molecular complexity index is 240. The van der Waals surface area contributed by atoms with Crippen LogP contribution in [0.15, 0.2) is 0 Å². The van der Waals surface area contributed by atoms with E-state index in [1.54, 1.807) is 11.8 Å². The standard InChI is InChI=1S/C10H19N3O2.ClH/c1-9(14)12-5-7-13(8-6-12)10(15)3-4-11-2;/h11H,3-8H2,1-2H3;1H. The smallest absolute Gasteiger partial charge is 0.223 e. The average Bonchev–Trinajstić information content (AvgIpc) is 2.26. The van der Waals surface area contributed by atoms with Gasteiger partial charge in [0.05, 0.1) is 0 Å². The van der Waals surface area contributed by atoms with Crippen LogP contribution in [0.5, 0.6) is 0 Å². The Morgan fingerprint density at radius 3 is 2.06 bits per heavy atom. The Morgan fingerprint density at radius 1 is 1.12 bits per heavy atom. The number of rotatable bonds is 3. The second-order valence-corrected chi connectivity index (χ2v) is 3.74. The second-order valence-electron chi connectivity index (χ2n) is 3.74. The zero-order valence-electron chi connectivity index (χ0n) is 9.86. The van der Waals surface area contributed by atoms with Gasteiger partial charge in [0.2, 0.25) is 11.8 Å². The summed E-state index contributed by atoms with van der Waals surface area (Å²) in [7, 11) is 1.83. The second kappa shape index (κ2) is 7.46. The van der Waals surface area contributed by atoms with E-state index in [1.807, 2.05) is 11.9 Å². The number of halogens is 1. The summed E-state index contributed by atoms with van der Waals surface area (Å²) in [6.07, 6.45) is 0.538. The Balaban J connectivity index is 0.00000225. The largest absolute Gasteiger partial charge is 0.339 e. The van der Waals surface area contributed by atoms with E-state index < -0.39 is 0 Å². The van der Waals surface area contributed by atoms with Crippen molar-refractivity contribution in [2.75, 3.05) is 39.8 Å². The third-order valence-corrected chi connectivity index (χ3v) is 2.67. The van der Waals surface area contributed by atoms with Gasteiger partial charge < -0.3 is 15.1 Å². The van der Waals surface area contributed by atoms with E-state index in [0.29, 0.717) is 39.1 Å². The minimum atomic E-state index is 0. The van der Waals surface area contributed by atoms with Crippen molar-refractivity contribution < 1.29 is 9.59 Å². The fourth-order valence-corrected chi connectivity index (χ4v) is 1.66. The van der Waals surface area contributed by atoms with Crippen LogP contribution in [0, 0.1) is 0 Å². The lowest BCUT2D eigenvalue weighted by Crippen LogP contribution is -2.50. The Labute approximate surface area is 103 Å². The first-order valence-electron chi connectivity index (χ1n) is 5.33. The Hall–Kier alpha value is -0.810. The highest BCUT2D eigenvalue weighted by atomic mass is 35.5. The third kappa shape index (κ3) is 4.37. The minimum absolute atomic E-state index is 0. The number of piperazine rings is 1. The number of hydrogen-bond acceptors (Lipinski definition) is 3. The lowest BCUT2D eigenvalue weighted by Gasteiger charge is -2.34. The fourth-order valence-electron chi connectivity index (χ4n) is 1.66. The molecule has 1 aliphatic heterocycles. The number of nitrogens with zero attached hydrogens (tertiary/aromatic N) is 2. The van der Waals surface area contributed by atoms with Gasteiger partial charge in [-0.1, -0.05) is 0 Å². The summed E-state index contributed by atoms with van der Waals surface area (Å²) in [5, 5.41) is 2.95. The van der Waals surface area contributed by atoms with Crippen molar-refractivity contribution in [1.82, 2.24) is 15.1 Å². The SMILES string of the molecule is CNCCC(=O)N1CCN(C(C)=O)CC1.Cl.